The van der Waals surface area contributed by atoms with Gasteiger partial charge >= 0.3 is 0 Å². The largest absolute Gasteiger partial charge is 0.497 e. The van der Waals surface area contributed by atoms with Crippen molar-refractivity contribution in [2.24, 2.45) is 0 Å². The Morgan fingerprint density at radius 2 is 1.62 bits per heavy atom. The maximum absolute atomic E-state index is 10.9. The molecule has 5 heteroatoms. The third kappa shape index (κ3) is 7.86. The summed E-state index contributed by atoms with van der Waals surface area (Å²) >= 11 is 0. The molecule has 200 valence electrons. The number of hydrogen-bond acceptors (Lipinski definition) is 4. The van der Waals surface area contributed by atoms with E-state index in [1.165, 1.54) is 48.9 Å². The molecule has 1 N–H and O–H groups in total. The summed E-state index contributed by atoms with van der Waals surface area (Å²) in [5, 5.41) is 10.9. The molecule has 1 saturated carbocycles. The lowest BCUT2D eigenvalue weighted by Crippen LogP contribution is -2.43. The molecule has 1 heterocycles. The van der Waals surface area contributed by atoms with Crippen LogP contribution < -0.4 is 9.47 Å². The van der Waals surface area contributed by atoms with Crippen LogP contribution in [0.4, 0.5) is 0 Å². The van der Waals surface area contributed by atoms with Gasteiger partial charge in [0.25, 0.3) is 0 Å². The molecule has 0 bridgehead atoms. The van der Waals surface area contributed by atoms with Gasteiger partial charge in [-0.05, 0) is 65.8 Å². The van der Waals surface area contributed by atoms with Crippen LogP contribution in [0.25, 0.3) is 0 Å². The average molecular weight is 505 g/mol. The van der Waals surface area contributed by atoms with E-state index in [1.807, 2.05) is 24.3 Å². The lowest BCUT2D eigenvalue weighted by Gasteiger charge is -2.35. The minimum absolute atomic E-state index is 0.162. The number of hydrogen-bond donors (Lipinski definition) is 1. The molecule has 1 aliphatic rings. The molecule has 1 aromatic heterocycles. The SMILES string of the molecule is COc1ccc(OC[C@H](O)CN(Cc2cccn2Cc2ccc(C(C)(C)C)cc2)C2CCCCC2)cc1. The van der Waals surface area contributed by atoms with Crippen molar-refractivity contribution in [3.05, 3.63) is 83.7 Å². The highest BCUT2D eigenvalue weighted by Crippen LogP contribution is 2.26. The molecule has 37 heavy (non-hydrogen) atoms. The fourth-order valence-corrected chi connectivity index (χ4v) is 5.24. The zero-order chi connectivity index (χ0) is 26.3. The van der Waals surface area contributed by atoms with Crippen LogP contribution in [0.2, 0.25) is 0 Å². The second-order valence-corrected chi connectivity index (χ2v) is 11.4. The van der Waals surface area contributed by atoms with Crippen LogP contribution in [0.15, 0.2) is 66.9 Å². The van der Waals surface area contributed by atoms with Gasteiger partial charge in [0.2, 0.25) is 0 Å². The van der Waals surface area contributed by atoms with E-state index in [-0.39, 0.29) is 12.0 Å². The first-order valence-corrected chi connectivity index (χ1v) is 13.7. The molecule has 2 aromatic carbocycles. The number of aliphatic hydroxyl groups excluding tert-OH is 1. The summed E-state index contributed by atoms with van der Waals surface area (Å²) in [6, 6.07) is 21.4. The van der Waals surface area contributed by atoms with Crippen molar-refractivity contribution in [2.45, 2.75) is 83.5 Å². The van der Waals surface area contributed by atoms with Crippen molar-refractivity contribution < 1.29 is 14.6 Å². The van der Waals surface area contributed by atoms with Crippen LogP contribution in [0, 0.1) is 0 Å². The molecule has 0 radical (unpaired) electrons. The first-order valence-electron chi connectivity index (χ1n) is 13.7. The molecular weight excluding hydrogens is 460 g/mol. The predicted octanol–water partition coefficient (Wildman–Crippen LogP) is 6.42. The van der Waals surface area contributed by atoms with E-state index in [2.05, 4.69) is 72.8 Å². The highest BCUT2D eigenvalue weighted by atomic mass is 16.5. The second-order valence-electron chi connectivity index (χ2n) is 11.4. The van der Waals surface area contributed by atoms with Gasteiger partial charge in [-0.2, -0.15) is 0 Å². The van der Waals surface area contributed by atoms with Crippen LogP contribution in [-0.4, -0.2) is 47.0 Å². The summed E-state index contributed by atoms with van der Waals surface area (Å²) in [4.78, 5) is 2.48. The smallest absolute Gasteiger partial charge is 0.119 e. The molecule has 0 saturated heterocycles. The van der Waals surface area contributed by atoms with Gasteiger partial charge in [-0.15, -0.1) is 0 Å². The van der Waals surface area contributed by atoms with Crippen molar-refractivity contribution in [1.82, 2.24) is 9.47 Å². The molecule has 5 nitrogen and oxygen atoms in total. The molecular formula is C32H44N2O3. The van der Waals surface area contributed by atoms with Crippen molar-refractivity contribution in [3.63, 3.8) is 0 Å². The van der Waals surface area contributed by atoms with Gasteiger partial charge in [0.05, 0.1) is 7.11 Å². The van der Waals surface area contributed by atoms with Crippen molar-refractivity contribution in [3.8, 4) is 11.5 Å². The molecule has 1 fully saturated rings. The first kappa shape index (κ1) is 27.3. The van der Waals surface area contributed by atoms with Crippen LogP contribution in [0.3, 0.4) is 0 Å². The number of methoxy groups -OCH3 is 1. The lowest BCUT2D eigenvalue weighted by molar-refractivity contribution is 0.0388. The van der Waals surface area contributed by atoms with Gasteiger partial charge in [-0.25, -0.2) is 0 Å². The predicted molar refractivity (Wildman–Crippen MR) is 150 cm³/mol. The Morgan fingerprint density at radius 1 is 0.946 bits per heavy atom. The molecule has 1 aliphatic carbocycles. The molecule has 0 unspecified atom stereocenters. The van der Waals surface area contributed by atoms with Gasteiger partial charge in [0.15, 0.2) is 0 Å². The minimum atomic E-state index is -0.558. The van der Waals surface area contributed by atoms with E-state index in [0.29, 0.717) is 12.6 Å². The number of rotatable bonds is 11. The van der Waals surface area contributed by atoms with Crippen LogP contribution >= 0.6 is 0 Å². The van der Waals surface area contributed by atoms with E-state index < -0.39 is 6.10 Å². The Labute approximate surface area is 223 Å². The van der Waals surface area contributed by atoms with E-state index >= 15 is 0 Å². The highest BCUT2D eigenvalue weighted by molar-refractivity contribution is 5.31. The zero-order valence-electron chi connectivity index (χ0n) is 23.0. The highest BCUT2D eigenvalue weighted by Gasteiger charge is 2.24. The van der Waals surface area contributed by atoms with Gasteiger partial charge in [-0.3, -0.25) is 4.90 Å². The van der Waals surface area contributed by atoms with Gasteiger partial charge < -0.3 is 19.1 Å². The van der Waals surface area contributed by atoms with E-state index in [0.717, 1.165) is 24.6 Å². The van der Waals surface area contributed by atoms with Crippen LogP contribution in [0.1, 0.15) is 69.7 Å². The molecule has 1 atom stereocenters. The van der Waals surface area contributed by atoms with Gasteiger partial charge in [-0.1, -0.05) is 64.3 Å². The quantitative estimate of drug-likeness (QED) is 0.327. The standard InChI is InChI=1S/C32H44N2O3/c1-32(2,3)26-14-12-25(13-15-26)21-33-20-8-11-28(33)22-34(27-9-6-5-7-10-27)23-29(35)24-37-31-18-16-30(36-4)17-19-31/h8,11-20,27,29,35H,5-7,9-10,21-24H2,1-4H3/t29-/m1/s1. The van der Waals surface area contributed by atoms with E-state index in [4.69, 9.17) is 9.47 Å². The molecule has 0 spiro atoms. The fraction of sp³-hybridized carbons (Fsp3) is 0.500. The number of aliphatic hydroxyl groups is 1. The Morgan fingerprint density at radius 3 is 2.27 bits per heavy atom. The third-order valence-corrected chi connectivity index (χ3v) is 7.50. The maximum atomic E-state index is 10.9. The summed E-state index contributed by atoms with van der Waals surface area (Å²) < 4.78 is 13.5. The van der Waals surface area contributed by atoms with Crippen LogP contribution in [-0.2, 0) is 18.5 Å². The van der Waals surface area contributed by atoms with Crippen LogP contribution in [0.5, 0.6) is 11.5 Å². The normalized spacial score (nSPS) is 15.6. The van der Waals surface area contributed by atoms with Gasteiger partial charge in [0, 0.05) is 37.6 Å². The van der Waals surface area contributed by atoms with Gasteiger partial charge in [0.1, 0.15) is 24.2 Å². The summed E-state index contributed by atoms with van der Waals surface area (Å²) in [6.07, 6.45) is 7.85. The number of nitrogens with zero attached hydrogens (tertiary/aromatic N) is 2. The number of aromatic nitrogens is 1. The third-order valence-electron chi connectivity index (χ3n) is 7.50. The number of ether oxygens (including phenoxy) is 2. The maximum Gasteiger partial charge on any atom is 0.119 e. The van der Waals surface area contributed by atoms with E-state index in [1.54, 1.807) is 7.11 Å². The summed E-state index contributed by atoms with van der Waals surface area (Å²) in [5.74, 6) is 1.54. The van der Waals surface area contributed by atoms with Crippen molar-refractivity contribution in [2.75, 3.05) is 20.3 Å². The lowest BCUT2D eigenvalue weighted by atomic mass is 9.87. The molecule has 0 amide bonds. The van der Waals surface area contributed by atoms with E-state index in [9.17, 15) is 5.11 Å². The Balaban J connectivity index is 1.40. The summed E-state index contributed by atoms with van der Waals surface area (Å²) in [5.41, 5.74) is 4.12. The van der Waals surface area contributed by atoms with Crippen molar-refractivity contribution in [1.29, 1.82) is 0 Å². The Hall–Kier alpha value is -2.76. The first-order chi connectivity index (χ1) is 17.8. The molecule has 0 aliphatic heterocycles. The monoisotopic (exact) mass is 504 g/mol. The Kier molecular flexibility index (Phi) is 9.33. The average Bonchev–Trinajstić information content (AvgIpc) is 3.34. The molecule has 3 aromatic rings. The summed E-state index contributed by atoms with van der Waals surface area (Å²) in [7, 11) is 1.65. The van der Waals surface area contributed by atoms with Crippen molar-refractivity contribution >= 4 is 0 Å². The summed E-state index contributed by atoms with van der Waals surface area (Å²) in [6.45, 7) is 9.32. The fourth-order valence-electron chi connectivity index (χ4n) is 5.24. The Bertz CT molecular complexity index is 1080. The minimum Gasteiger partial charge on any atom is -0.497 e. The second kappa shape index (κ2) is 12.7. The molecule has 4 rings (SSSR count). The number of benzene rings is 2. The zero-order valence-corrected chi connectivity index (χ0v) is 23.0. The topological polar surface area (TPSA) is 46.9 Å².